The molecule has 0 aliphatic heterocycles. The molecule has 12 heavy (non-hydrogen) atoms. The van der Waals surface area contributed by atoms with Gasteiger partial charge < -0.3 is 4.74 Å². The first kappa shape index (κ1) is 11.4. The zero-order chi connectivity index (χ0) is 9.40. The van der Waals surface area contributed by atoms with Crippen LogP contribution >= 0.6 is 0 Å². The van der Waals surface area contributed by atoms with E-state index < -0.39 is 0 Å². The van der Waals surface area contributed by atoms with Gasteiger partial charge in [0.15, 0.2) is 0 Å². The Kier molecular flexibility index (Phi) is 6.78. The summed E-state index contributed by atoms with van der Waals surface area (Å²) >= 11 is 0. The van der Waals surface area contributed by atoms with E-state index in [4.69, 9.17) is 4.74 Å². The SMILES string of the molecule is C=CC=C[C](CC(C)C)OCC. The lowest BCUT2D eigenvalue weighted by Gasteiger charge is -2.13. The van der Waals surface area contributed by atoms with Crippen molar-refractivity contribution in [3.05, 3.63) is 30.9 Å². The summed E-state index contributed by atoms with van der Waals surface area (Å²) in [5.74, 6) is 0.640. The van der Waals surface area contributed by atoms with E-state index in [1.165, 1.54) is 0 Å². The molecule has 0 aliphatic rings. The second-order valence-electron chi connectivity index (χ2n) is 3.09. The van der Waals surface area contributed by atoms with Gasteiger partial charge in [0, 0.05) is 6.61 Å². The van der Waals surface area contributed by atoms with Crippen LogP contribution in [0.2, 0.25) is 0 Å². The fourth-order valence-corrected chi connectivity index (χ4v) is 0.938. The van der Waals surface area contributed by atoms with Gasteiger partial charge in [0.2, 0.25) is 0 Å². The third kappa shape index (κ3) is 6.17. The molecule has 0 bridgehead atoms. The Labute approximate surface area is 76.1 Å². The lowest BCUT2D eigenvalue weighted by Crippen LogP contribution is -2.03. The Balaban J connectivity index is 3.85. The van der Waals surface area contributed by atoms with Gasteiger partial charge in [-0.3, -0.25) is 0 Å². The van der Waals surface area contributed by atoms with Gasteiger partial charge in [0.05, 0.1) is 0 Å². The van der Waals surface area contributed by atoms with E-state index in [-0.39, 0.29) is 0 Å². The summed E-state index contributed by atoms with van der Waals surface area (Å²) in [7, 11) is 0. The lowest BCUT2D eigenvalue weighted by atomic mass is 10.1. The average molecular weight is 167 g/mol. The maximum atomic E-state index is 5.44. The Morgan fingerprint density at radius 3 is 2.58 bits per heavy atom. The van der Waals surface area contributed by atoms with Crippen molar-refractivity contribution in [3.8, 4) is 0 Å². The molecule has 0 aromatic carbocycles. The number of hydrogen-bond donors (Lipinski definition) is 0. The molecule has 0 spiro atoms. The van der Waals surface area contributed by atoms with Crippen molar-refractivity contribution in [2.75, 3.05) is 6.61 Å². The summed E-state index contributed by atoms with van der Waals surface area (Å²) in [5, 5.41) is 0. The first-order valence-corrected chi connectivity index (χ1v) is 4.48. The summed E-state index contributed by atoms with van der Waals surface area (Å²) in [6.07, 6.45) is 7.70. The van der Waals surface area contributed by atoms with Crippen molar-refractivity contribution < 1.29 is 4.74 Å². The Morgan fingerprint density at radius 2 is 2.17 bits per heavy atom. The normalized spacial score (nSPS) is 11.8. The Morgan fingerprint density at radius 1 is 1.50 bits per heavy atom. The monoisotopic (exact) mass is 167 g/mol. The van der Waals surface area contributed by atoms with Gasteiger partial charge in [-0.15, -0.1) is 0 Å². The van der Waals surface area contributed by atoms with Gasteiger partial charge in [0.1, 0.15) is 6.10 Å². The Bertz CT molecular complexity index is 136. The van der Waals surface area contributed by atoms with Gasteiger partial charge in [-0.05, 0) is 25.3 Å². The zero-order valence-electron chi connectivity index (χ0n) is 8.34. The first-order chi connectivity index (χ1) is 5.70. The summed E-state index contributed by atoms with van der Waals surface area (Å²) < 4.78 is 5.44. The minimum atomic E-state index is 0.640. The lowest BCUT2D eigenvalue weighted by molar-refractivity contribution is 0.161. The van der Waals surface area contributed by atoms with Crippen molar-refractivity contribution in [1.29, 1.82) is 0 Å². The summed E-state index contributed by atoms with van der Waals surface area (Å²) in [6.45, 7) is 10.7. The molecule has 0 saturated heterocycles. The highest BCUT2D eigenvalue weighted by molar-refractivity contribution is 5.09. The van der Waals surface area contributed by atoms with Crippen molar-refractivity contribution in [1.82, 2.24) is 0 Å². The molecular weight excluding hydrogens is 148 g/mol. The highest BCUT2D eigenvalue weighted by atomic mass is 16.5. The maximum Gasteiger partial charge on any atom is 0.119 e. The second-order valence-corrected chi connectivity index (χ2v) is 3.09. The van der Waals surface area contributed by atoms with E-state index in [1.807, 2.05) is 19.1 Å². The second kappa shape index (κ2) is 7.11. The number of ether oxygens (including phenoxy) is 1. The van der Waals surface area contributed by atoms with Crippen molar-refractivity contribution in [3.63, 3.8) is 0 Å². The van der Waals surface area contributed by atoms with Crippen molar-refractivity contribution >= 4 is 0 Å². The highest BCUT2D eigenvalue weighted by Gasteiger charge is 2.07. The van der Waals surface area contributed by atoms with Crippen LogP contribution in [-0.4, -0.2) is 6.61 Å². The minimum absolute atomic E-state index is 0.640. The molecule has 0 heterocycles. The van der Waals surface area contributed by atoms with Crippen LogP contribution in [0.5, 0.6) is 0 Å². The van der Waals surface area contributed by atoms with Gasteiger partial charge in [-0.25, -0.2) is 0 Å². The first-order valence-electron chi connectivity index (χ1n) is 4.48. The average Bonchev–Trinajstić information content (AvgIpc) is 2.00. The molecule has 0 fully saturated rings. The minimum Gasteiger partial charge on any atom is -0.368 e. The fourth-order valence-electron chi connectivity index (χ4n) is 0.938. The van der Waals surface area contributed by atoms with Gasteiger partial charge in [-0.2, -0.15) is 0 Å². The van der Waals surface area contributed by atoms with Crippen molar-refractivity contribution in [2.24, 2.45) is 5.92 Å². The van der Waals surface area contributed by atoms with E-state index in [9.17, 15) is 0 Å². The number of allylic oxidation sites excluding steroid dienone is 2. The van der Waals surface area contributed by atoms with E-state index in [2.05, 4.69) is 20.4 Å². The molecule has 1 radical (unpaired) electrons. The van der Waals surface area contributed by atoms with Gasteiger partial charge in [0.25, 0.3) is 0 Å². The Hall–Kier alpha value is -0.560. The van der Waals surface area contributed by atoms with Crippen LogP contribution in [0.1, 0.15) is 27.2 Å². The molecular formula is C11H19O. The molecule has 0 rings (SSSR count). The van der Waals surface area contributed by atoms with E-state index >= 15 is 0 Å². The molecule has 0 atom stereocenters. The molecule has 1 nitrogen and oxygen atoms in total. The molecule has 1 heteroatoms. The maximum absolute atomic E-state index is 5.44. The topological polar surface area (TPSA) is 9.23 Å². The molecule has 0 aromatic rings. The molecule has 69 valence electrons. The van der Waals surface area contributed by atoms with E-state index in [0.29, 0.717) is 5.92 Å². The van der Waals surface area contributed by atoms with Gasteiger partial charge >= 0.3 is 0 Å². The summed E-state index contributed by atoms with van der Waals surface area (Å²) in [6, 6.07) is 0. The van der Waals surface area contributed by atoms with Crippen LogP contribution < -0.4 is 0 Å². The van der Waals surface area contributed by atoms with Gasteiger partial charge in [-0.1, -0.05) is 32.6 Å². The van der Waals surface area contributed by atoms with E-state index in [1.54, 1.807) is 6.08 Å². The largest absolute Gasteiger partial charge is 0.368 e. The number of hydrogen-bond acceptors (Lipinski definition) is 1. The molecule has 0 aromatic heterocycles. The van der Waals surface area contributed by atoms with Crippen molar-refractivity contribution in [2.45, 2.75) is 27.2 Å². The highest BCUT2D eigenvalue weighted by Crippen LogP contribution is 2.16. The molecule has 0 amide bonds. The van der Waals surface area contributed by atoms with Crippen LogP contribution in [0.15, 0.2) is 24.8 Å². The third-order valence-corrected chi connectivity index (χ3v) is 1.36. The van der Waals surface area contributed by atoms with Crippen LogP contribution in [0, 0.1) is 12.0 Å². The van der Waals surface area contributed by atoms with Crippen LogP contribution in [0.3, 0.4) is 0 Å². The summed E-state index contributed by atoms with van der Waals surface area (Å²) in [4.78, 5) is 0. The predicted octanol–water partition coefficient (Wildman–Crippen LogP) is 3.34. The number of rotatable bonds is 6. The van der Waals surface area contributed by atoms with Crippen LogP contribution in [-0.2, 0) is 4.74 Å². The molecule has 0 unspecified atom stereocenters. The van der Waals surface area contributed by atoms with E-state index in [0.717, 1.165) is 19.1 Å². The molecule has 0 N–H and O–H groups in total. The third-order valence-electron chi connectivity index (χ3n) is 1.36. The smallest absolute Gasteiger partial charge is 0.119 e. The van der Waals surface area contributed by atoms with Crippen LogP contribution in [0.25, 0.3) is 0 Å². The molecule has 0 saturated carbocycles. The van der Waals surface area contributed by atoms with Crippen LogP contribution in [0.4, 0.5) is 0 Å². The standard InChI is InChI=1S/C11H19O/c1-5-7-8-11(12-6-2)9-10(3)4/h5,7-8,10H,1,6,9H2,2-4H3. The fraction of sp³-hybridized carbons (Fsp3) is 0.545. The zero-order valence-corrected chi connectivity index (χ0v) is 8.34. The molecule has 0 aliphatic carbocycles. The predicted molar refractivity (Wildman–Crippen MR) is 53.7 cm³/mol. The quantitative estimate of drug-likeness (QED) is 0.551. The summed E-state index contributed by atoms with van der Waals surface area (Å²) in [5.41, 5.74) is 0.